The van der Waals surface area contributed by atoms with Crippen molar-refractivity contribution < 1.29 is 23.1 Å². The molecule has 0 aliphatic heterocycles. The summed E-state index contributed by atoms with van der Waals surface area (Å²) >= 11 is 0. The molecule has 2 nitrogen and oxygen atoms in total. The first-order chi connectivity index (χ1) is 8.23. The average Bonchev–Trinajstić information content (AvgIpc) is 2.28. The van der Waals surface area contributed by atoms with Gasteiger partial charge in [0.15, 0.2) is 0 Å². The number of halogens is 3. The number of carbonyl (C=O) groups is 1. The number of hydrogen-bond donors (Lipinski definition) is 1. The van der Waals surface area contributed by atoms with Crippen LogP contribution in [0.15, 0.2) is 24.3 Å². The van der Waals surface area contributed by atoms with Crippen molar-refractivity contribution in [3.63, 3.8) is 0 Å². The molecular formula is C13H17F3O2. The molecule has 0 aliphatic carbocycles. The first-order valence-corrected chi connectivity index (χ1v) is 5.63. The number of rotatable bonds is 2. The fraction of sp³-hybridized carbons (Fsp3) is 0.462. The van der Waals surface area contributed by atoms with E-state index in [1.54, 1.807) is 0 Å². The topological polar surface area (TPSA) is 37.3 Å². The zero-order valence-electron chi connectivity index (χ0n) is 10.6. The van der Waals surface area contributed by atoms with Crippen LogP contribution >= 0.6 is 0 Å². The van der Waals surface area contributed by atoms with E-state index in [1.807, 2.05) is 0 Å². The highest BCUT2D eigenvalue weighted by molar-refractivity contribution is 5.87. The van der Waals surface area contributed by atoms with Gasteiger partial charge in [-0.1, -0.05) is 32.4 Å². The largest absolute Gasteiger partial charge is 0.478 e. The van der Waals surface area contributed by atoms with Crippen LogP contribution in [0.4, 0.5) is 13.2 Å². The van der Waals surface area contributed by atoms with Gasteiger partial charge < -0.3 is 5.11 Å². The van der Waals surface area contributed by atoms with E-state index < -0.39 is 18.1 Å². The van der Waals surface area contributed by atoms with Crippen LogP contribution < -0.4 is 0 Å². The molecule has 102 valence electrons. The number of carboxylic acid groups (broad SMARTS) is 1. The van der Waals surface area contributed by atoms with E-state index in [4.69, 9.17) is 5.11 Å². The van der Waals surface area contributed by atoms with Gasteiger partial charge in [0.1, 0.15) is 0 Å². The highest BCUT2D eigenvalue weighted by Crippen LogP contribution is 2.34. The summed E-state index contributed by atoms with van der Waals surface area (Å²) in [6.07, 6.45) is -3.05. The van der Waals surface area contributed by atoms with Crippen molar-refractivity contribution in [3.8, 4) is 0 Å². The molecule has 1 atom stereocenters. The Morgan fingerprint density at radius 3 is 1.89 bits per heavy atom. The van der Waals surface area contributed by atoms with Gasteiger partial charge in [-0.2, -0.15) is 13.2 Å². The number of alkyl halides is 3. The molecule has 0 saturated heterocycles. The summed E-state index contributed by atoms with van der Waals surface area (Å²) in [5.41, 5.74) is 0.0422. The van der Waals surface area contributed by atoms with Gasteiger partial charge in [-0.25, -0.2) is 4.79 Å². The van der Waals surface area contributed by atoms with Crippen molar-refractivity contribution in [1.29, 1.82) is 0 Å². The Morgan fingerprint density at radius 1 is 1.22 bits per heavy atom. The monoisotopic (exact) mass is 262 g/mol. The molecule has 0 aromatic heterocycles. The Bertz CT molecular complexity index is 369. The molecule has 0 amide bonds. The second-order valence-corrected chi connectivity index (χ2v) is 3.90. The summed E-state index contributed by atoms with van der Waals surface area (Å²) in [4.78, 5) is 10.5. The first-order valence-electron chi connectivity index (χ1n) is 5.63. The van der Waals surface area contributed by atoms with Gasteiger partial charge in [0.05, 0.1) is 11.5 Å². The fourth-order valence-corrected chi connectivity index (χ4v) is 1.10. The predicted molar refractivity (Wildman–Crippen MR) is 63.8 cm³/mol. The molecule has 0 aliphatic rings. The zero-order chi connectivity index (χ0) is 14.3. The van der Waals surface area contributed by atoms with Crippen LogP contribution in [-0.4, -0.2) is 17.3 Å². The van der Waals surface area contributed by atoms with Gasteiger partial charge in [-0.3, -0.25) is 0 Å². The quantitative estimate of drug-likeness (QED) is 0.853. The zero-order valence-corrected chi connectivity index (χ0v) is 10.6. The maximum Gasteiger partial charge on any atom is 0.395 e. The molecule has 5 heteroatoms. The third-order valence-electron chi connectivity index (χ3n) is 2.15. The minimum absolute atomic E-state index is 0.0203. The SMILES string of the molecule is CCC.C[C@H](c1ccc(C(=O)O)cc1)C(F)(F)F. The van der Waals surface area contributed by atoms with E-state index in [-0.39, 0.29) is 11.1 Å². The molecule has 0 unspecified atom stereocenters. The third kappa shape index (κ3) is 5.21. The lowest BCUT2D eigenvalue weighted by Gasteiger charge is -2.15. The molecule has 0 spiro atoms. The van der Waals surface area contributed by atoms with Crippen LogP contribution in [0.5, 0.6) is 0 Å². The number of benzene rings is 1. The molecule has 0 fully saturated rings. The third-order valence-corrected chi connectivity index (χ3v) is 2.15. The molecule has 1 aromatic carbocycles. The number of aromatic carboxylic acids is 1. The second kappa shape index (κ2) is 7.03. The van der Waals surface area contributed by atoms with Crippen molar-refractivity contribution in [2.75, 3.05) is 0 Å². The van der Waals surface area contributed by atoms with Gasteiger partial charge in [-0.15, -0.1) is 0 Å². The molecular weight excluding hydrogens is 245 g/mol. The van der Waals surface area contributed by atoms with E-state index in [9.17, 15) is 18.0 Å². The normalized spacial score (nSPS) is 12.3. The van der Waals surface area contributed by atoms with Crippen LogP contribution in [0.25, 0.3) is 0 Å². The maximum atomic E-state index is 12.3. The maximum absolute atomic E-state index is 12.3. The molecule has 0 radical (unpaired) electrons. The first kappa shape index (κ1) is 16.5. The van der Waals surface area contributed by atoms with Crippen molar-refractivity contribution in [3.05, 3.63) is 35.4 Å². The van der Waals surface area contributed by atoms with Crippen LogP contribution in [0, 0.1) is 0 Å². The molecule has 1 N–H and O–H groups in total. The molecule has 0 bridgehead atoms. The van der Waals surface area contributed by atoms with Crippen molar-refractivity contribution in [1.82, 2.24) is 0 Å². The molecule has 18 heavy (non-hydrogen) atoms. The van der Waals surface area contributed by atoms with Crippen LogP contribution in [0.3, 0.4) is 0 Å². The smallest absolute Gasteiger partial charge is 0.395 e. The predicted octanol–water partition coefficient (Wildman–Crippen LogP) is 4.47. The van der Waals surface area contributed by atoms with Crippen molar-refractivity contribution in [2.24, 2.45) is 0 Å². The summed E-state index contributed by atoms with van der Waals surface area (Å²) < 4.78 is 36.8. The number of carboxylic acids is 1. The Morgan fingerprint density at radius 2 is 1.61 bits per heavy atom. The van der Waals surface area contributed by atoms with Crippen LogP contribution in [0.1, 0.15) is 49.0 Å². The summed E-state index contributed by atoms with van der Waals surface area (Å²) in [6.45, 7) is 5.29. The summed E-state index contributed by atoms with van der Waals surface area (Å²) in [7, 11) is 0. The van der Waals surface area contributed by atoms with Crippen molar-refractivity contribution >= 4 is 5.97 Å². The highest BCUT2D eigenvalue weighted by atomic mass is 19.4. The second-order valence-electron chi connectivity index (χ2n) is 3.90. The van der Waals surface area contributed by atoms with E-state index in [1.165, 1.54) is 30.7 Å². The summed E-state index contributed by atoms with van der Waals surface area (Å²) in [6, 6.07) is 4.70. The lowest BCUT2D eigenvalue weighted by Crippen LogP contribution is -2.17. The molecule has 1 rings (SSSR count). The Kier molecular flexibility index (Phi) is 6.44. The van der Waals surface area contributed by atoms with Gasteiger partial charge in [0.25, 0.3) is 0 Å². The standard InChI is InChI=1S/C10H9F3O2.C3H8/c1-6(10(11,12)13)7-2-4-8(5-3-7)9(14)15;1-3-2/h2-6H,1H3,(H,14,15);3H2,1-2H3/t6-;/m1./s1. The highest BCUT2D eigenvalue weighted by Gasteiger charge is 2.36. The van der Waals surface area contributed by atoms with Crippen LogP contribution in [-0.2, 0) is 0 Å². The number of hydrogen-bond acceptors (Lipinski definition) is 1. The van der Waals surface area contributed by atoms with E-state index >= 15 is 0 Å². The summed E-state index contributed by atoms with van der Waals surface area (Å²) in [5, 5.41) is 8.55. The summed E-state index contributed by atoms with van der Waals surface area (Å²) in [5.74, 6) is -2.73. The minimum atomic E-state index is -4.30. The molecule has 0 saturated carbocycles. The van der Waals surface area contributed by atoms with Gasteiger partial charge in [-0.05, 0) is 24.6 Å². The fourth-order valence-electron chi connectivity index (χ4n) is 1.10. The molecule has 0 heterocycles. The molecule has 1 aromatic rings. The lowest BCUT2D eigenvalue weighted by molar-refractivity contribution is -0.146. The van der Waals surface area contributed by atoms with Crippen LogP contribution in [0.2, 0.25) is 0 Å². The van der Waals surface area contributed by atoms with E-state index in [2.05, 4.69) is 13.8 Å². The minimum Gasteiger partial charge on any atom is -0.478 e. The Balaban J connectivity index is 0.000000873. The van der Waals surface area contributed by atoms with Gasteiger partial charge in [0.2, 0.25) is 0 Å². The van der Waals surface area contributed by atoms with Crippen molar-refractivity contribution in [2.45, 2.75) is 39.3 Å². The van der Waals surface area contributed by atoms with Gasteiger partial charge >= 0.3 is 12.1 Å². The lowest BCUT2D eigenvalue weighted by atomic mass is 9.99. The van der Waals surface area contributed by atoms with E-state index in [0.29, 0.717) is 0 Å². The average molecular weight is 262 g/mol. The Labute approximate surface area is 104 Å². The van der Waals surface area contributed by atoms with E-state index in [0.717, 1.165) is 6.92 Å². The van der Waals surface area contributed by atoms with Gasteiger partial charge in [0, 0.05) is 0 Å². The Hall–Kier alpha value is -1.52.